The largest absolute Gasteiger partial charge is 0.346 e. The van der Waals surface area contributed by atoms with Crippen molar-refractivity contribution in [2.24, 2.45) is 5.92 Å². The molecule has 1 saturated carbocycles. The van der Waals surface area contributed by atoms with Crippen molar-refractivity contribution >= 4 is 16.9 Å². The molecule has 0 spiro atoms. The van der Waals surface area contributed by atoms with E-state index >= 15 is 0 Å². The molecule has 1 aromatic heterocycles. The van der Waals surface area contributed by atoms with Crippen LogP contribution in [0, 0.1) is 18.3 Å². The molecule has 120 valence electrons. The number of aromatic nitrogens is 2. The monoisotopic (exact) mass is 309 g/mol. The Morgan fingerprint density at radius 2 is 2.13 bits per heavy atom. The van der Waals surface area contributed by atoms with Crippen LogP contribution in [0.25, 0.3) is 11.0 Å². The fourth-order valence-corrected chi connectivity index (χ4v) is 3.44. The molecule has 1 atom stereocenters. The molecule has 1 amide bonds. The highest BCUT2D eigenvalue weighted by Gasteiger charge is 2.24. The van der Waals surface area contributed by atoms with Crippen LogP contribution in [0.4, 0.5) is 0 Å². The van der Waals surface area contributed by atoms with Gasteiger partial charge in [0.1, 0.15) is 5.82 Å². The van der Waals surface area contributed by atoms with Crippen LogP contribution in [0.1, 0.15) is 50.9 Å². The van der Waals surface area contributed by atoms with E-state index in [0.29, 0.717) is 6.54 Å². The Morgan fingerprint density at radius 3 is 2.87 bits per heavy atom. The molecule has 1 aliphatic carbocycles. The molecule has 1 heterocycles. The zero-order valence-corrected chi connectivity index (χ0v) is 13.6. The molecule has 0 radical (unpaired) electrons. The van der Waals surface area contributed by atoms with Crippen molar-refractivity contribution < 1.29 is 4.79 Å². The Labute approximate surface area is 137 Å². The predicted molar refractivity (Wildman–Crippen MR) is 91.7 cm³/mol. The van der Waals surface area contributed by atoms with E-state index in [2.05, 4.69) is 16.2 Å². The van der Waals surface area contributed by atoms with Crippen LogP contribution in [0.5, 0.6) is 0 Å². The lowest BCUT2D eigenvalue weighted by molar-refractivity contribution is -0.126. The van der Waals surface area contributed by atoms with E-state index in [1.165, 1.54) is 6.42 Å². The van der Waals surface area contributed by atoms with Gasteiger partial charge in [0.25, 0.3) is 0 Å². The summed E-state index contributed by atoms with van der Waals surface area (Å²) in [4.78, 5) is 17.2. The Hall–Kier alpha value is -2.28. The maximum absolute atomic E-state index is 12.5. The highest BCUT2D eigenvalue weighted by Crippen LogP contribution is 2.25. The first kappa shape index (κ1) is 15.6. The summed E-state index contributed by atoms with van der Waals surface area (Å²) in [6.07, 6.45) is 11.1. The first-order valence-corrected chi connectivity index (χ1v) is 8.39. The summed E-state index contributed by atoms with van der Waals surface area (Å²) < 4.78 is 2.02. The van der Waals surface area contributed by atoms with Gasteiger partial charge < -0.3 is 9.88 Å². The van der Waals surface area contributed by atoms with Crippen molar-refractivity contribution in [2.75, 3.05) is 0 Å². The van der Waals surface area contributed by atoms with Gasteiger partial charge in [0, 0.05) is 5.92 Å². The van der Waals surface area contributed by atoms with Crippen molar-refractivity contribution in [3.63, 3.8) is 0 Å². The van der Waals surface area contributed by atoms with E-state index in [-0.39, 0.29) is 17.9 Å². The number of fused-ring (bicyclic) bond motifs is 1. The SMILES string of the molecule is C#CCn1c(C(C)NC(=O)C2CCCCC2)nc2ccccc21. The number of rotatable bonds is 4. The first-order valence-electron chi connectivity index (χ1n) is 8.39. The van der Waals surface area contributed by atoms with Gasteiger partial charge in [0.05, 0.1) is 23.6 Å². The average molecular weight is 309 g/mol. The molecule has 0 aliphatic heterocycles. The summed E-state index contributed by atoms with van der Waals surface area (Å²) in [5, 5.41) is 3.13. The third kappa shape index (κ3) is 3.24. The summed E-state index contributed by atoms with van der Waals surface area (Å²) in [6.45, 7) is 2.44. The van der Waals surface area contributed by atoms with Gasteiger partial charge in [0.15, 0.2) is 0 Å². The molecule has 1 fully saturated rings. The topological polar surface area (TPSA) is 46.9 Å². The Morgan fingerprint density at radius 1 is 1.39 bits per heavy atom. The molecule has 0 saturated heterocycles. The lowest BCUT2D eigenvalue weighted by Gasteiger charge is -2.23. The number of terminal acetylenes is 1. The first-order chi connectivity index (χ1) is 11.2. The molecule has 1 aromatic carbocycles. The Kier molecular flexibility index (Phi) is 4.66. The molecule has 2 aromatic rings. The normalized spacial score (nSPS) is 16.9. The van der Waals surface area contributed by atoms with Crippen LogP contribution >= 0.6 is 0 Å². The lowest BCUT2D eigenvalue weighted by Crippen LogP contribution is -2.34. The smallest absolute Gasteiger partial charge is 0.223 e. The van der Waals surface area contributed by atoms with E-state index in [1.807, 2.05) is 35.8 Å². The van der Waals surface area contributed by atoms with Crippen LogP contribution in [0.2, 0.25) is 0 Å². The van der Waals surface area contributed by atoms with Crippen LogP contribution in [-0.2, 0) is 11.3 Å². The van der Waals surface area contributed by atoms with Gasteiger partial charge in [-0.2, -0.15) is 0 Å². The number of para-hydroxylation sites is 2. The number of carbonyl (C=O) groups excluding carboxylic acids is 1. The van der Waals surface area contributed by atoms with Crippen molar-refractivity contribution in [1.29, 1.82) is 0 Å². The van der Waals surface area contributed by atoms with Gasteiger partial charge >= 0.3 is 0 Å². The van der Waals surface area contributed by atoms with Gasteiger partial charge in [-0.05, 0) is 31.9 Å². The molecular formula is C19H23N3O. The lowest BCUT2D eigenvalue weighted by atomic mass is 9.88. The van der Waals surface area contributed by atoms with Crippen LogP contribution < -0.4 is 5.32 Å². The fraction of sp³-hybridized carbons (Fsp3) is 0.474. The number of nitrogens with zero attached hydrogens (tertiary/aromatic N) is 2. The van der Waals surface area contributed by atoms with Crippen molar-refractivity contribution in [3.05, 3.63) is 30.1 Å². The zero-order valence-electron chi connectivity index (χ0n) is 13.6. The standard InChI is InChI=1S/C19H23N3O/c1-3-13-22-17-12-8-7-11-16(17)21-18(22)14(2)20-19(23)15-9-5-4-6-10-15/h1,7-8,11-12,14-15H,4-6,9-10,13H2,2H3,(H,20,23). The molecule has 3 rings (SSSR count). The number of amides is 1. The minimum absolute atomic E-state index is 0.148. The second kappa shape index (κ2) is 6.87. The third-order valence-electron chi connectivity index (χ3n) is 4.66. The van der Waals surface area contributed by atoms with Gasteiger partial charge in [-0.3, -0.25) is 4.79 Å². The number of benzene rings is 1. The quantitative estimate of drug-likeness (QED) is 0.880. The number of hydrogen-bond acceptors (Lipinski definition) is 2. The van der Waals surface area contributed by atoms with E-state index in [9.17, 15) is 4.79 Å². The highest BCUT2D eigenvalue weighted by atomic mass is 16.1. The minimum Gasteiger partial charge on any atom is -0.346 e. The minimum atomic E-state index is -0.148. The summed E-state index contributed by atoms with van der Waals surface area (Å²) >= 11 is 0. The summed E-state index contributed by atoms with van der Waals surface area (Å²) in [6, 6.07) is 7.78. The van der Waals surface area contributed by atoms with Crippen molar-refractivity contribution in [3.8, 4) is 12.3 Å². The van der Waals surface area contributed by atoms with Crippen molar-refractivity contribution in [1.82, 2.24) is 14.9 Å². The molecule has 1 N–H and O–H groups in total. The predicted octanol–water partition coefficient (Wildman–Crippen LogP) is 3.43. The number of hydrogen-bond donors (Lipinski definition) is 1. The molecule has 1 aliphatic rings. The number of nitrogens with one attached hydrogen (secondary N) is 1. The third-order valence-corrected chi connectivity index (χ3v) is 4.66. The fourth-order valence-electron chi connectivity index (χ4n) is 3.44. The molecule has 23 heavy (non-hydrogen) atoms. The van der Waals surface area contributed by atoms with Gasteiger partial charge in [0.2, 0.25) is 5.91 Å². The summed E-state index contributed by atoms with van der Waals surface area (Å²) in [5.41, 5.74) is 1.93. The van der Waals surface area contributed by atoms with Gasteiger partial charge in [-0.15, -0.1) is 6.42 Å². The van der Waals surface area contributed by atoms with E-state index in [4.69, 9.17) is 6.42 Å². The number of carbonyl (C=O) groups is 1. The molecule has 0 bridgehead atoms. The van der Waals surface area contributed by atoms with Crippen LogP contribution in [0.3, 0.4) is 0 Å². The second-order valence-electron chi connectivity index (χ2n) is 6.31. The summed E-state index contributed by atoms with van der Waals surface area (Å²) in [5.74, 6) is 3.81. The maximum Gasteiger partial charge on any atom is 0.223 e. The van der Waals surface area contributed by atoms with Crippen LogP contribution in [0.15, 0.2) is 24.3 Å². The average Bonchev–Trinajstić information content (AvgIpc) is 2.95. The van der Waals surface area contributed by atoms with E-state index in [1.54, 1.807) is 0 Å². The number of imidazole rings is 1. The van der Waals surface area contributed by atoms with E-state index < -0.39 is 0 Å². The van der Waals surface area contributed by atoms with Gasteiger partial charge in [-0.1, -0.05) is 37.3 Å². The molecule has 4 heteroatoms. The molecule has 4 nitrogen and oxygen atoms in total. The Balaban J connectivity index is 1.82. The zero-order chi connectivity index (χ0) is 16.2. The van der Waals surface area contributed by atoms with Crippen LogP contribution in [-0.4, -0.2) is 15.5 Å². The van der Waals surface area contributed by atoms with E-state index in [0.717, 1.165) is 42.5 Å². The summed E-state index contributed by atoms with van der Waals surface area (Å²) in [7, 11) is 0. The molecule has 1 unspecified atom stereocenters. The Bertz CT molecular complexity index is 735. The second-order valence-corrected chi connectivity index (χ2v) is 6.31. The molecular weight excluding hydrogens is 286 g/mol. The maximum atomic E-state index is 12.5. The highest BCUT2D eigenvalue weighted by molar-refractivity contribution is 5.80. The van der Waals surface area contributed by atoms with Crippen molar-refractivity contribution in [2.45, 2.75) is 51.6 Å². The van der Waals surface area contributed by atoms with Gasteiger partial charge in [-0.25, -0.2) is 4.98 Å².